The molecule has 5 heteroatoms. The molecule has 4 rings (SSSR count). The maximum absolute atomic E-state index is 12.2. The standard InChI is InChI=1S/C15H21N3O2/c1-20-13-5-3-2-4-12(13)17-15(14(16)19)10-18-8-6-11(15)7-9-18/h2-5,11,17H,6-10H2,1H3,(H2,16,19). The minimum Gasteiger partial charge on any atom is -0.495 e. The lowest BCUT2D eigenvalue weighted by atomic mass is 9.72. The summed E-state index contributed by atoms with van der Waals surface area (Å²) in [6.45, 7) is 2.81. The van der Waals surface area contributed by atoms with E-state index in [2.05, 4.69) is 10.2 Å². The summed E-state index contributed by atoms with van der Waals surface area (Å²) in [6, 6.07) is 7.66. The second-order valence-corrected chi connectivity index (χ2v) is 5.71. The average molecular weight is 275 g/mol. The molecular weight excluding hydrogens is 254 g/mol. The molecule has 2 bridgehead atoms. The van der Waals surface area contributed by atoms with Gasteiger partial charge in [0.25, 0.3) is 0 Å². The first kappa shape index (κ1) is 13.2. The van der Waals surface area contributed by atoms with E-state index in [4.69, 9.17) is 10.5 Å². The van der Waals surface area contributed by atoms with Crippen molar-refractivity contribution in [3.63, 3.8) is 0 Å². The minimum absolute atomic E-state index is 0.266. The van der Waals surface area contributed by atoms with Crippen molar-refractivity contribution in [1.29, 1.82) is 0 Å². The molecule has 20 heavy (non-hydrogen) atoms. The molecule has 1 aromatic rings. The summed E-state index contributed by atoms with van der Waals surface area (Å²) in [6.07, 6.45) is 2.04. The van der Waals surface area contributed by atoms with Crippen LogP contribution in [0.1, 0.15) is 12.8 Å². The van der Waals surface area contributed by atoms with Gasteiger partial charge < -0.3 is 20.7 Å². The number of nitrogens with zero attached hydrogens (tertiary/aromatic N) is 1. The number of hydrogen-bond acceptors (Lipinski definition) is 4. The molecule has 3 aliphatic rings. The third kappa shape index (κ3) is 2.02. The largest absolute Gasteiger partial charge is 0.495 e. The molecule has 1 aromatic carbocycles. The third-order valence-corrected chi connectivity index (χ3v) is 4.66. The van der Waals surface area contributed by atoms with E-state index in [1.807, 2.05) is 24.3 Å². The predicted octanol–water partition coefficient (Wildman–Crippen LogP) is 1.06. The number of piperidine rings is 3. The normalized spacial score (nSPS) is 31.9. The summed E-state index contributed by atoms with van der Waals surface area (Å²) in [7, 11) is 1.63. The van der Waals surface area contributed by atoms with Gasteiger partial charge in [-0.25, -0.2) is 0 Å². The molecule has 1 amide bonds. The van der Waals surface area contributed by atoms with Gasteiger partial charge in [0.15, 0.2) is 0 Å². The second-order valence-electron chi connectivity index (χ2n) is 5.71. The predicted molar refractivity (Wildman–Crippen MR) is 77.7 cm³/mol. The van der Waals surface area contributed by atoms with E-state index in [9.17, 15) is 4.79 Å². The molecule has 0 spiro atoms. The van der Waals surface area contributed by atoms with E-state index in [1.54, 1.807) is 7.11 Å². The minimum atomic E-state index is -0.675. The van der Waals surface area contributed by atoms with Crippen LogP contribution in [0.4, 0.5) is 5.69 Å². The number of nitrogens with one attached hydrogen (secondary N) is 1. The summed E-state index contributed by atoms with van der Waals surface area (Å²) in [5.41, 5.74) is 5.92. The highest BCUT2D eigenvalue weighted by molar-refractivity contribution is 5.89. The van der Waals surface area contributed by atoms with E-state index >= 15 is 0 Å². The lowest BCUT2D eigenvalue weighted by molar-refractivity contribution is -0.128. The number of ether oxygens (including phenoxy) is 1. The fourth-order valence-corrected chi connectivity index (χ4v) is 3.54. The van der Waals surface area contributed by atoms with Crippen LogP contribution in [0.25, 0.3) is 0 Å². The van der Waals surface area contributed by atoms with Crippen LogP contribution in [-0.2, 0) is 4.79 Å². The van der Waals surface area contributed by atoms with Gasteiger partial charge in [0.05, 0.1) is 12.8 Å². The Morgan fingerprint density at radius 1 is 1.40 bits per heavy atom. The van der Waals surface area contributed by atoms with Gasteiger partial charge in [-0.1, -0.05) is 12.1 Å². The van der Waals surface area contributed by atoms with E-state index in [0.29, 0.717) is 12.5 Å². The molecule has 3 heterocycles. The number of methoxy groups -OCH3 is 1. The zero-order chi connectivity index (χ0) is 14.2. The fourth-order valence-electron chi connectivity index (χ4n) is 3.54. The van der Waals surface area contributed by atoms with Crippen LogP contribution in [0, 0.1) is 5.92 Å². The number of carbonyl (C=O) groups is 1. The van der Waals surface area contributed by atoms with Gasteiger partial charge in [0, 0.05) is 6.54 Å². The van der Waals surface area contributed by atoms with Gasteiger partial charge in [-0.2, -0.15) is 0 Å². The van der Waals surface area contributed by atoms with Gasteiger partial charge in [-0.05, 0) is 44.0 Å². The molecule has 0 aromatic heterocycles. The molecule has 0 saturated carbocycles. The van der Waals surface area contributed by atoms with Crippen LogP contribution in [-0.4, -0.2) is 43.1 Å². The molecule has 0 radical (unpaired) electrons. The molecule has 1 unspecified atom stereocenters. The van der Waals surface area contributed by atoms with Gasteiger partial charge in [-0.15, -0.1) is 0 Å². The molecule has 3 saturated heterocycles. The Morgan fingerprint density at radius 2 is 2.10 bits per heavy atom. The van der Waals surface area contributed by atoms with E-state index in [1.165, 1.54) is 0 Å². The van der Waals surface area contributed by atoms with Crippen molar-refractivity contribution in [1.82, 2.24) is 4.90 Å². The molecule has 5 nitrogen and oxygen atoms in total. The zero-order valence-corrected chi connectivity index (χ0v) is 11.8. The van der Waals surface area contributed by atoms with Crippen LogP contribution in [0.15, 0.2) is 24.3 Å². The Hall–Kier alpha value is -1.75. The van der Waals surface area contributed by atoms with Crippen molar-refractivity contribution in [2.45, 2.75) is 18.4 Å². The van der Waals surface area contributed by atoms with Gasteiger partial charge >= 0.3 is 0 Å². The summed E-state index contributed by atoms with van der Waals surface area (Å²) < 4.78 is 5.36. The van der Waals surface area contributed by atoms with E-state index in [-0.39, 0.29) is 5.91 Å². The van der Waals surface area contributed by atoms with E-state index in [0.717, 1.165) is 37.4 Å². The first-order valence-electron chi connectivity index (χ1n) is 7.09. The van der Waals surface area contributed by atoms with E-state index < -0.39 is 5.54 Å². The van der Waals surface area contributed by atoms with Crippen molar-refractivity contribution in [3.8, 4) is 5.75 Å². The number of para-hydroxylation sites is 2. The summed E-state index contributed by atoms with van der Waals surface area (Å²) in [5, 5.41) is 3.40. The van der Waals surface area contributed by atoms with Crippen molar-refractivity contribution in [3.05, 3.63) is 24.3 Å². The maximum atomic E-state index is 12.2. The first-order chi connectivity index (χ1) is 9.65. The van der Waals surface area contributed by atoms with Crippen molar-refractivity contribution in [2.75, 3.05) is 32.1 Å². The third-order valence-electron chi connectivity index (χ3n) is 4.66. The van der Waals surface area contributed by atoms with Crippen molar-refractivity contribution < 1.29 is 9.53 Å². The van der Waals surface area contributed by atoms with Gasteiger partial charge in [0.1, 0.15) is 11.3 Å². The number of carbonyl (C=O) groups excluding carboxylic acids is 1. The number of rotatable bonds is 4. The van der Waals surface area contributed by atoms with Crippen LogP contribution in [0.2, 0.25) is 0 Å². The number of benzene rings is 1. The van der Waals surface area contributed by atoms with Gasteiger partial charge in [0.2, 0.25) is 5.91 Å². The lowest BCUT2D eigenvalue weighted by Crippen LogP contribution is -2.68. The van der Waals surface area contributed by atoms with Crippen LogP contribution >= 0.6 is 0 Å². The Bertz CT molecular complexity index is 512. The number of nitrogens with two attached hydrogens (primary N) is 1. The number of hydrogen-bond donors (Lipinski definition) is 2. The molecule has 3 aliphatic heterocycles. The maximum Gasteiger partial charge on any atom is 0.244 e. The Kier molecular flexibility index (Phi) is 3.30. The summed E-state index contributed by atoms with van der Waals surface area (Å²) in [4.78, 5) is 14.5. The van der Waals surface area contributed by atoms with Crippen LogP contribution in [0.3, 0.4) is 0 Å². The SMILES string of the molecule is COc1ccccc1NC1(C(N)=O)CN2CCC1CC2. The second kappa shape index (κ2) is 4.98. The van der Waals surface area contributed by atoms with Crippen molar-refractivity contribution in [2.24, 2.45) is 11.7 Å². The zero-order valence-electron chi connectivity index (χ0n) is 11.8. The Labute approximate surface area is 119 Å². The first-order valence-corrected chi connectivity index (χ1v) is 7.09. The highest BCUT2D eigenvalue weighted by Crippen LogP contribution is 2.39. The average Bonchev–Trinajstić information content (AvgIpc) is 2.49. The van der Waals surface area contributed by atoms with Crippen LogP contribution in [0.5, 0.6) is 5.75 Å². The highest BCUT2D eigenvalue weighted by Gasteiger charge is 2.51. The van der Waals surface area contributed by atoms with Crippen molar-refractivity contribution >= 4 is 11.6 Å². The highest BCUT2D eigenvalue weighted by atomic mass is 16.5. The van der Waals surface area contributed by atoms with Gasteiger partial charge in [-0.3, -0.25) is 4.79 Å². The molecule has 0 aliphatic carbocycles. The Morgan fingerprint density at radius 3 is 2.65 bits per heavy atom. The summed E-state index contributed by atoms with van der Waals surface area (Å²) >= 11 is 0. The number of fused-ring (bicyclic) bond motifs is 3. The topological polar surface area (TPSA) is 67.6 Å². The Balaban J connectivity index is 1.94. The molecule has 1 atom stereocenters. The fraction of sp³-hybridized carbons (Fsp3) is 0.533. The quantitative estimate of drug-likeness (QED) is 0.862. The smallest absolute Gasteiger partial charge is 0.244 e. The number of amides is 1. The summed E-state index contributed by atoms with van der Waals surface area (Å²) in [5.74, 6) is 0.775. The van der Waals surface area contributed by atoms with Crippen LogP contribution < -0.4 is 15.8 Å². The monoisotopic (exact) mass is 275 g/mol. The molecule has 108 valence electrons. The molecular formula is C15H21N3O2. The number of primary amides is 1. The molecule has 3 fully saturated rings. The molecule has 3 N–H and O–H groups in total. The lowest BCUT2D eigenvalue weighted by Gasteiger charge is -2.52. The number of anilines is 1.